The van der Waals surface area contributed by atoms with Gasteiger partial charge in [-0.2, -0.15) is 0 Å². The fraction of sp³-hybridized carbons (Fsp3) is 0.500. The number of anilines is 1. The topological polar surface area (TPSA) is 81.3 Å². The molecule has 4 unspecified atom stereocenters. The van der Waals surface area contributed by atoms with Gasteiger partial charge in [0, 0.05) is 42.0 Å². The fourth-order valence-corrected chi connectivity index (χ4v) is 7.24. The normalized spacial score (nSPS) is 26.3. The number of imidazole rings is 1. The third-order valence-corrected chi connectivity index (χ3v) is 9.10. The molecule has 37 heavy (non-hydrogen) atoms. The molecular formula is C28H30Cl2N4O3. The van der Waals surface area contributed by atoms with Gasteiger partial charge in [0.1, 0.15) is 11.5 Å². The van der Waals surface area contributed by atoms with Gasteiger partial charge in [-0.25, -0.2) is 4.98 Å². The first-order valence-corrected chi connectivity index (χ1v) is 14.0. The molecule has 0 N–H and O–H groups in total. The van der Waals surface area contributed by atoms with Gasteiger partial charge in [0.15, 0.2) is 0 Å². The molecular weight excluding hydrogens is 511 g/mol. The molecule has 1 amide bonds. The van der Waals surface area contributed by atoms with E-state index in [1.807, 2.05) is 12.1 Å². The number of amides is 1. The van der Waals surface area contributed by atoms with E-state index in [1.165, 1.54) is 36.7 Å². The number of carbonyl (C=O) groups is 1. The fourth-order valence-electron chi connectivity index (χ4n) is 6.91. The molecule has 2 aromatic carbocycles. The van der Waals surface area contributed by atoms with E-state index in [9.17, 15) is 14.9 Å². The highest BCUT2D eigenvalue weighted by Gasteiger charge is 2.36. The lowest BCUT2D eigenvalue weighted by Gasteiger charge is -2.24. The van der Waals surface area contributed by atoms with E-state index in [4.69, 9.17) is 28.2 Å². The van der Waals surface area contributed by atoms with Crippen LogP contribution in [0.25, 0.3) is 11.0 Å². The molecule has 2 aliphatic heterocycles. The van der Waals surface area contributed by atoms with Gasteiger partial charge < -0.3 is 9.47 Å². The average molecular weight is 541 g/mol. The maximum absolute atomic E-state index is 12.3. The Morgan fingerprint density at radius 2 is 1.51 bits per heavy atom. The number of nitro groups is 1. The lowest BCUT2D eigenvalue weighted by molar-refractivity contribution is -0.384. The molecule has 0 spiro atoms. The molecule has 4 aliphatic rings. The van der Waals surface area contributed by atoms with Crippen LogP contribution < -0.4 is 4.90 Å². The van der Waals surface area contributed by atoms with Crippen LogP contribution in [-0.2, 0) is 17.8 Å². The number of fused-ring (bicyclic) bond motifs is 7. The second kappa shape index (κ2) is 9.91. The van der Waals surface area contributed by atoms with E-state index in [-0.39, 0.29) is 11.6 Å². The van der Waals surface area contributed by atoms with Crippen molar-refractivity contribution in [1.29, 1.82) is 0 Å². The lowest BCUT2D eigenvalue weighted by Crippen LogP contribution is -2.34. The SMILES string of the molecule is Clc1ccc2c(c1)nc1n2CC2CCC(C1)C2.O=C1CC2CCC(C2)CN1c1ccc(Cl)cc1[N+](=O)[O-]. The summed E-state index contributed by atoms with van der Waals surface area (Å²) in [7, 11) is 0. The van der Waals surface area contributed by atoms with Crippen LogP contribution in [0.2, 0.25) is 10.0 Å². The number of benzene rings is 2. The Morgan fingerprint density at radius 3 is 2.27 bits per heavy atom. The molecule has 3 aromatic rings. The van der Waals surface area contributed by atoms with Gasteiger partial charge in [-0.05, 0) is 92.5 Å². The van der Waals surface area contributed by atoms with Crippen molar-refractivity contribution >= 4 is 51.5 Å². The largest absolute Gasteiger partial charge is 0.328 e. The molecule has 1 saturated heterocycles. The molecule has 7 nitrogen and oxygen atoms in total. The quantitative estimate of drug-likeness (QED) is 0.257. The van der Waals surface area contributed by atoms with Crippen molar-refractivity contribution in [2.24, 2.45) is 23.7 Å². The summed E-state index contributed by atoms with van der Waals surface area (Å²) in [6.45, 7) is 1.74. The summed E-state index contributed by atoms with van der Waals surface area (Å²) < 4.78 is 2.43. The first-order chi connectivity index (χ1) is 17.8. The Bertz CT molecular complexity index is 1370. The molecule has 1 aromatic heterocycles. The van der Waals surface area contributed by atoms with Crippen LogP contribution in [-0.4, -0.2) is 26.9 Å². The number of nitrogens with zero attached hydrogens (tertiary/aromatic N) is 4. The zero-order valence-corrected chi connectivity index (χ0v) is 22.1. The summed E-state index contributed by atoms with van der Waals surface area (Å²) in [6.07, 6.45) is 9.12. The van der Waals surface area contributed by atoms with Crippen molar-refractivity contribution in [3.05, 3.63) is 62.4 Å². The number of halogens is 2. The zero-order valence-electron chi connectivity index (χ0n) is 20.6. The Hall–Kier alpha value is -2.64. The number of nitro benzene ring substituents is 1. The minimum atomic E-state index is -0.475. The highest BCUT2D eigenvalue weighted by Crippen LogP contribution is 2.41. The minimum absolute atomic E-state index is 0.0115. The van der Waals surface area contributed by atoms with Crippen LogP contribution in [0.15, 0.2) is 36.4 Å². The Labute approximate surface area is 225 Å². The van der Waals surface area contributed by atoms with Crippen molar-refractivity contribution in [1.82, 2.24) is 9.55 Å². The summed E-state index contributed by atoms with van der Waals surface area (Å²) in [5.74, 6) is 3.91. The number of aromatic nitrogens is 2. The van der Waals surface area contributed by atoms with E-state index in [0.29, 0.717) is 35.5 Å². The highest BCUT2D eigenvalue weighted by molar-refractivity contribution is 6.31. The van der Waals surface area contributed by atoms with Crippen molar-refractivity contribution < 1.29 is 9.72 Å². The summed E-state index contributed by atoms with van der Waals surface area (Å²) in [4.78, 5) is 29.4. The molecule has 9 heteroatoms. The second-order valence-corrected chi connectivity index (χ2v) is 12.0. The van der Waals surface area contributed by atoms with Gasteiger partial charge in [0.05, 0.1) is 16.0 Å². The third kappa shape index (κ3) is 4.96. The Morgan fingerprint density at radius 1 is 0.865 bits per heavy atom. The van der Waals surface area contributed by atoms with E-state index < -0.39 is 4.92 Å². The molecule has 0 radical (unpaired) electrons. The monoisotopic (exact) mass is 540 g/mol. The van der Waals surface area contributed by atoms with E-state index in [2.05, 4.69) is 10.6 Å². The molecule has 3 heterocycles. The van der Waals surface area contributed by atoms with Gasteiger partial charge in [-0.3, -0.25) is 14.9 Å². The van der Waals surface area contributed by atoms with Crippen LogP contribution in [0, 0.1) is 33.8 Å². The van der Waals surface area contributed by atoms with E-state index in [1.54, 1.807) is 17.0 Å². The van der Waals surface area contributed by atoms with E-state index >= 15 is 0 Å². The van der Waals surface area contributed by atoms with Crippen molar-refractivity contribution in [3.8, 4) is 0 Å². The van der Waals surface area contributed by atoms with Crippen molar-refractivity contribution in [2.45, 2.75) is 57.9 Å². The van der Waals surface area contributed by atoms with Gasteiger partial charge >= 0.3 is 0 Å². The molecule has 7 rings (SSSR count). The van der Waals surface area contributed by atoms with Crippen LogP contribution in [0.5, 0.6) is 0 Å². The summed E-state index contributed by atoms with van der Waals surface area (Å²) >= 11 is 11.9. The van der Waals surface area contributed by atoms with Crippen LogP contribution in [0.3, 0.4) is 0 Å². The average Bonchev–Trinajstić information content (AvgIpc) is 3.50. The summed E-state index contributed by atoms with van der Waals surface area (Å²) in [5, 5.41) is 12.3. The molecule has 2 saturated carbocycles. The van der Waals surface area contributed by atoms with E-state index in [0.717, 1.165) is 54.6 Å². The predicted molar refractivity (Wildman–Crippen MR) is 145 cm³/mol. The standard InChI is InChI=1S/C14H15ClN2O3.C14H15ClN2/c15-11-3-4-12(13(7-11)17(19)20)16-8-10-2-1-9(5-10)6-14(16)18;15-11-3-4-13-12(7-11)16-14-6-9-1-2-10(5-9)8-17(13)14/h3-4,7,9-10H,1-2,5-6,8H2;3-4,7,9-10H,1-2,5-6,8H2. The Kier molecular flexibility index (Phi) is 6.61. The summed E-state index contributed by atoms with van der Waals surface area (Å²) in [5.41, 5.74) is 2.60. The minimum Gasteiger partial charge on any atom is -0.328 e. The number of rotatable bonds is 2. The van der Waals surface area contributed by atoms with Crippen LogP contribution in [0.1, 0.15) is 50.8 Å². The smallest absolute Gasteiger partial charge is 0.294 e. The van der Waals surface area contributed by atoms with Gasteiger partial charge in [0.25, 0.3) is 5.69 Å². The molecule has 194 valence electrons. The van der Waals surface area contributed by atoms with Gasteiger partial charge in [-0.1, -0.05) is 23.2 Å². The van der Waals surface area contributed by atoms with Gasteiger partial charge in [-0.15, -0.1) is 0 Å². The summed E-state index contributed by atoms with van der Waals surface area (Å²) in [6, 6.07) is 10.6. The van der Waals surface area contributed by atoms with Crippen LogP contribution in [0.4, 0.5) is 11.4 Å². The van der Waals surface area contributed by atoms with Gasteiger partial charge in [0.2, 0.25) is 5.91 Å². The van der Waals surface area contributed by atoms with Crippen molar-refractivity contribution in [3.63, 3.8) is 0 Å². The molecule has 3 fully saturated rings. The third-order valence-electron chi connectivity index (χ3n) is 8.63. The van der Waals surface area contributed by atoms with Crippen LogP contribution >= 0.6 is 23.2 Å². The lowest BCUT2D eigenvalue weighted by atomic mass is 10.0. The number of hydrogen-bond donors (Lipinski definition) is 0. The zero-order chi connectivity index (χ0) is 25.7. The number of hydrogen-bond acceptors (Lipinski definition) is 4. The highest BCUT2D eigenvalue weighted by atomic mass is 35.5. The second-order valence-electron chi connectivity index (χ2n) is 11.2. The first-order valence-electron chi connectivity index (χ1n) is 13.2. The Balaban J connectivity index is 0.000000138. The predicted octanol–water partition coefficient (Wildman–Crippen LogP) is 7.06. The van der Waals surface area contributed by atoms with Crippen molar-refractivity contribution in [2.75, 3.05) is 11.4 Å². The number of carbonyl (C=O) groups excluding carboxylic acids is 1. The maximum atomic E-state index is 12.3. The molecule has 4 bridgehead atoms. The molecule has 2 aliphatic carbocycles. The first kappa shape index (κ1) is 24.7. The maximum Gasteiger partial charge on any atom is 0.294 e. The molecule has 4 atom stereocenters.